The van der Waals surface area contributed by atoms with E-state index in [-0.39, 0.29) is 6.32 Å². The lowest BCUT2D eigenvalue weighted by molar-refractivity contribution is 0.155. The van der Waals surface area contributed by atoms with E-state index >= 15 is 0 Å². The van der Waals surface area contributed by atoms with Gasteiger partial charge in [0, 0.05) is 30.3 Å². The molecule has 0 spiro atoms. The van der Waals surface area contributed by atoms with Crippen LogP contribution in [-0.2, 0) is 0 Å². The molecule has 110 valence electrons. The molecular formula is C14H20BBrO4. The highest BCUT2D eigenvalue weighted by Gasteiger charge is 2.04. The molecule has 2 radical (unpaired) electrons. The van der Waals surface area contributed by atoms with E-state index in [1.54, 1.807) is 6.07 Å². The SMILES string of the molecule is [B]CC(O)CCOc1cccc(OCCC(O)CBr)c1. The normalized spacial score (nSPS) is 13.8. The summed E-state index contributed by atoms with van der Waals surface area (Å²) in [6.45, 7) is 0.853. The van der Waals surface area contributed by atoms with Crippen LogP contribution in [0.25, 0.3) is 0 Å². The molecule has 0 heterocycles. The summed E-state index contributed by atoms with van der Waals surface area (Å²) in [6.07, 6.45) is 0.382. The van der Waals surface area contributed by atoms with Crippen molar-refractivity contribution in [1.82, 2.24) is 0 Å². The van der Waals surface area contributed by atoms with E-state index in [1.807, 2.05) is 18.2 Å². The Bertz CT molecular complexity index is 347. The first kappa shape index (κ1) is 17.3. The number of benzene rings is 1. The number of alkyl halides is 1. The predicted octanol–water partition coefficient (Wildman–Crippen LogP) is 1.93. The number of aliphatic hydroxyl groups excluding tert-OH is 2. The van der Waals surface area contributed by atoms with Gasteiger partial charge in [-0.2, -0.15) is 0 Å². The molecule has 6 heteroatoms. The van der Waals surface area contributed by atoms with Crippen molar-refractivity contribution in [2.24, 2.45) is 0 Å². The first-order valence-corrected chi connectivity index (χ1v) is 7.75. The molecular weight excluding hydrogens is 323 g/mol. The van der Waals surface area contributed by atoms with Crippen LogP contribution in [0.3, 0.4) is 0 Å². The highest BCUT2D eigenvalue weighted by molar-refractivity contribution is 9.09. The lowest BCUT2D eigenvalue weighted by Crippen LogP contribution is -2.13. The highest BCUT2D eigenvalue weighted by atomic mass is 79.9. The van der Waals surface area contributed by atoms with Gasteiger partial charge in [-0.25, -0.2) is 0 Å². The van der Waals surface area contributed by atoms with Crippen molar-refractivity contribution in [3.05, 3.63) is 24.3 Å². The average Bonchev–Trinajstić information content (AvgIpc) is 2.47. The number of rotatable bonds is 10. The maximum absolute atomic E-state index is 9.40. The molecule has 2 atom stereocenters. The minimum atomic E-state index is -0.528. The molecule has 1 aromatic carbocycles. The fraction of sp³-hybridized carbons (Fsp3) is 0.571. The summed E-state index contributed by atoms with van der Waals surface area (Å²) in [5.74, 6) is 1.39. The second-order valence-corrected chi connectivity index (χ2v) is 5.09. The molecule has 0 saturated heterocycles. The maximum Gasteiger partial charge on any atom is 0.122 e. The molecule has 20 heavy (non-hydrogen) atoms. The van der Waals surface area contributed by atoms with Crippen LogP contribution < -0.4 is 9.47 Å². The number of ether oxygens (including phenoxy) is 2. The van der Waals surface area contributed by atoms with Gasteiger partial charge in [0.05, 0.1) is 27.2 Å². The van der Waals surface area contributed by atoms with Crippen LogP contribution in [-0.4, -0.2) is 48.8 Å². The van der Waals surface area contributed by atoms with Crippen molar-refractivity contribution in [1.29, 1.82) is 0 Å². The number of hydrogen-bond acceptors (Lipinski definition) is 4. The van der Waals surface area contributed by atoms with Crippen molar-refractivity contribution in [3.63, 3.8) is 0 Å². The van der Waals surface area contributed by atoms with Gasteiger partial charge in [0.2, 0.25) is 0 Å². The Kier molecular flexibility index (Phi) is 8.73. The fourth-order valence-corrected chi connectivity index (χ4v) is 1.80. The van der Waals surface area contributed by atoms with Crippen LogP contribution in [0.15, 0.2) is 24.3 Å². The van der Waals surface area contributed by atoms with Gasteiger partial charge in [-0.1, -0.05) is 28.3 Å². The van der Waals surface area contributed by atoms with Gasteiger partial charge in [-0.3, -0.25) is 0 Å². The molecule has 1 aromatic rings. The summed E-state index contributed by atoms with van der Waals surface area (Å²) < 4.78 is 11.1. The van der Waals surface area contributed by atoms with Crippen molar-refractivity contribution in [3.8, 4) is 11.5 Å². The molecule has 0 saturated carbocycles. The Hall–Kier alpha value is -0.715. The van der Waals surface area contributed by atoms with E-state index in [1.165, 1.54) is 0 Å². The Morgan fingerprint density at radius 1 is 1.05 bits per heavy atom. The van der Waals surface area contributed by atoms with Gasteiger partial charge >= 0.3 is 0 Å². The quantitative estimate of drug-likeness (QED) is 0.504. The van der Waals surface area contributed by atoms with Crippen molar-refractivity contribution in [2.75, 3.05) is 18.5 Å². The number of aliphatic hydroxyl groups is 2. The molecule has 2 unspecified atom stereocenters. The Morgan fingerprint density at radius 3 is 2.10 bits per heavy atom. The van der Waals surface area contributed by atoms with Gasteiger partial charge in [-0.05, 0) is 12.1 Å². The summed E-state index contributed by atoms with van der Waals surface area (Å²) >= 11 is 3.20. The van der Waals surface area contributed by atoms with Gasteiger partial charge in [0.25, 0.3) is 0 Å². The Morgan fingerprint density at radius 2 is 1.60 bits per heavy atom. The second-order valence-electron chi connectivity index (χ2n) is 4.45. The van der Waals surface area contributed by atoms with Gasteiger partial charge < -0.3 is 19.7 Å². The molecule has 0 aliphatic rings. The molecule has 0 aliphatic heterocycles. The third-order valence-electron chi connectivity index (χ3n) is 2.70. The van der Waals surface area contributed by atoms with E-state index in [9.17, 15) is 10.2 Å². The summed E-state index contributed by atoms with van der Waals surface area (Å²) in [7, 11) is 5.32. The summed E-state index contributed by atoms with van der Waals surface area (Å²) in [5.41, 5.74) is 0. The fourth-order valence-electron chi connectivity index (χ4n) is 1.47. The van der Waals surface area contributed by atoms with Crippen LogP contribution in [0, 0.1) is 0 Å². The van der Waals surface area contributed by atoms with E-state index in [4.69, 9.17) is 17.3 Å². The standard InChI is InChI=1S/C14H20BBrO4/c15-9-11(17)4-6-19-13-2-1-3-14(8-13)20-7-5-12(18)10-16/h1-3,8,11-12,17-18H,4-7,9-10H2. The average molecular weight is 343 g/mol. The van der Waals surface area contributed by atoms with Crippen LogP contribution in [0.1, 0.15) is 12.8 Å². The first-order chi connectivity index (χ1) is 9.65. The third kappa shape index (κ3) is 7.17. The number of halogens is 1. The van der Waals surface area contributed by atoms with Gasteiger partial charge in [0.1, 0.15) is 11.5 Å². The summed E-state index contributed by atoms with van der Waals surface area (Å²) in [5, 5.41) is 19.3. The topological polar surface area (TPSA) is 58.9 Å². The van der Waals surface area contributed by atoms with Crippen molar-refractivity contribution in [2.45, 2.75) is 31.4 Å². The largest absolute Gasteiger partial charge is 0.493 e. The molecule has 0 aromatic heterocycles. The molecule has 0 bridgehead atoms. The zero-order valence-electron chi connectivity index (χ0n) is 11.4. The van der Waals surface area contributed by atoms with Gasteiger partial charge in [0.15, 0.2) is 0 Å². The van der Waals surface area contributed by atoms with Crippen molar-refractivity contribution < 1.29 is 19.7 Å². The molecule has 4 nitrogen and oxygen atoms in total. The third-order valence-corrected chi connectivity index (χ3v) is 3.44. The maximum atomic E-state index is 9.40. The smallest absolute Gasteiger partial charge is 0.122 e. The van der Waals surface area contributed by atoms with Crippen LogP contribution in [0.4, 0.5) is 0 Å². The molecule has 0 aliphatic carbocycles. The summed E-state index contributed by atoms with van der Waals surface area (Å²) in [4.78, 5) is 0. The molecule has 2 N–H and O–H groups in total. The highest BCUT2D eigenvalue weighted by Crippen LogP contribution is 2.20. The molecule has 0 fully saturated rings. The second kappa shape index (κ2) is 10.1. The van der Waals surface area contributed by atoms with Gasteiger partial charge in [-0.15, -0.1) is 0 Å². The monoisotopic (exact) mass is 342 g/mol. The molecule has 0 amide bonds. The van der Waals surface area contributed by atoms with E-state index in [0.29, 0.717) is 42.9 Å². The van der Waals surface area contributed by atoms with Crippen LogP contribution in [0.5, 0.6) is 11.5 Å². The van der Waals surface area contributed by atoms with Crippen molar-refractivity contribution >= 4 is 23.8 Å². The van der Waals surface area contributed by atoms with E-state index in [2.05, 4.69) is 15.9 Å². The number of hydrogen-bond donors (Lipinski definition) is 2. The Balaban J connectivity index is 2.33. The summed E-state index contributed by atoms with van der Waals surface area (Å²) in [6, 6.07) is 7.29. The minimum absolute atomic E-state index is 0.239. The predicted molar refractivity (Wildman–Crippen MR) is 83.0 cm³/mol. The lowest BCUT2D eigenvalue weighted by Gasteiger charge is -2.12. The Labute approximate surface area is 129 Å². The minimum Gasteiger partial charge on any atom is -0.493 e. The first-order valence-electron chi connectivity index (χ1n) is 6.63. The zero-order valence-corrected chi connectivity index (χ0v) is 13.0. The van der Waals surface area contributed by atoms with E-state index in [0.717, 1.165) is 0 Å². The van der Waals surface area contributed by atoms with E-state index < -0.39 is 12.2 Å². The zero-order chi connectivity index (χ0) is 14.8. The lowest BCUT2D eigenvalue weighted by atomic mass is 9.98. The molecule has 1 rings (SSSR count). The van der Waals surface area contributed by atoms with Crippen LogP contribution in [0.2, 0.25) is 6.32 Å². The van der Waals surface area contributed by atoms with Crippen LogP contribution >= 0.6 is 15.9 Å².